The summed E-state index contributed by atoms with van der Waals surface area (Å²) in [4.78, 5) is 6.36. The predicted octanol–water partition coefficient (Wildman–Crippen LogP) is 13.0. The van der Waals surface area contributed by atoms with Crippen molar-refractivity contribution in [3.05, 3.63) is 137 Å². The van der Waals surface area contributed by atoms with E-state index in [-0.39, 0.29) is 0 Å². The van der Waals surface area contributed by atoms with Gasteiger partial charge < -0.3 is 0 Å². The molecule has 0 saturated carbocycles. The van der Waals surface area contributed by atoms with Crippen LogP contribution in [0, 0.1) is 0 Å². The van der Waals surface area contributed by atoms with Crippen molar-refractivity contribution in [2.75, 3.05) is 0 Å². The summed E-state index contributed by atoms with van der Waals surface area (Å²) in [7, 11) is 2.19. The lowest BCUT2D eigenvalue weighted by atomic mass is 10.0. The van der Waals surface area contributed by atoms with Gasteiger partial charge in [-0.15, -0.1) is 11.3 Å². The summed E-state index contributed by atoms with van der Waals surface area (Å²) in [6, 6.07) is 37.9. The summed E-state index contributed by atoms with van der Waals surface area (Å²) in [6.07, 6.45) is 21.8. The van der Waals surface area contributed by atoms with E-state index < -0.39 is 0 Å². The topological polar surface area (TPSA) is 19.7 Å². The molecule has 0 bridgehead atoms. The Hall–Kier alpha value is -4.47. The third kappa shape index (κ3) is 8.96. The summed E-state index contributed by atoms with van der Waals surface area (Å²) in [5.41, 5.74) is 11.3. The number of imidazole rings is 1. The molecule has 0 aliphatic carbocycles. The minimum atomic E-state index is 1.12. The van der Waals surface area contributed by atoms with E-state index in [1.165, 1.54) is 118 Å². The minimum absolute atomic E-state index is 1.12. The Bertz CT molecular complexity index is 1970. The molecule has 49 heavy (non-hydrogen) atoms. The summed E-state index contributed by atoms with van der Waals surface area (Å²) < 4.78 is 2.33. The van der Waals surface area contributed by atoms with Crippen LogP contribution in [-0.4, -0.2) is 4.98 Å². The van der Waals surface area contributed by atoms with E-state index >= 15 is 0 Å². The van der Waals surface area contributed by atoms with Gasteiger partial charge in [0.1, 0.15) is 4.88 Å². The van der Waals surface area contributed by atoms with Crippen LogP contribution >= 0.6 is 11.3 Å². The van der Waals surface area contributed by atoms with Gasteiger partial charge in [-0.25, -0.2) is 9.55 Å². The van der Waals surface area contributed by atoms with Crippen molar-refractivity contribution in [3.8, 4) is 21.1 Å². The van der Waals surface area contributed by atoms with Crippen LogP contribution in [0.2, 0.25) is 0 Å². The lowest BCUT2D eigenvalue weighted by molar-refractivity contribution is -0.633. The number of hydrogen-bond donors (Lipinski definition) is 1. The Balaban J connectivity index is 1.29. The van der Waals surface area contributed by atoms with Crippen molar-refractivity contribution in [1.29, 1.82) is 0 Å². The van der Waals surface area contributed by atoms with Crippen LogP contribution < -0.4 is 4.57 Å². The summed E-state index contributed by atoms with van der Waals surface area (Å²) in [5.74, 6) is 1.12. The third-order valence-corrected chi connectivity index (χ3v) is 10.7. The monoisotopic (exact) mass is 663 g/mol. The van der Waals surface area contributed by atoms with Crippen molar-refractivity contribution in [1.82, 2.24) is 4.98 Å². The molecule has 6 aromatic rings. The summed E-state index contributed by atoms with van der Waals surface area (Å²) in [5, 5.41) is 0. The molecular formula is C46H51N2S+. The highest BCUT2D eigenvalue weighted by atomic mass is 32.1. The van der Waals surface area contributed by atoms with Gasteiger partial charge in [0, 0.05) is 16.0 Å². The zero-order valence-corrected chi connectivity index (χ0v) is 30.4. The number of nitrogens with zero attached hydrogens (tertiary/aromatic N) is 1. The fourth-order valence-corrected chi connectivity index (χ4v) is 7.67. The Morgan fingerprint density at radius 2 is 1.10 bits per heavy atom. The van der Waals surface area contributed by atoms with Crippen molar-refractivity contribution < 1.29 is 4.57 Å². The largest absolute Gasteiger partial charge is 0.297 e. The number of aromatic nitrogens is 2. The minimum Gasteiger partial charge on any atom is -0.235 e. The van der Waals surface area contributed by atoms with Gasteiger partial charge in [0.05, 0.1) is 7.05 Å². The van der Waals surface area contributed by atoms with E-state index in [0.29, 0.717) is 0 Å². The van der Waals surface area contributed by atoms with Gasteiger partial charge in [-0.1, -0.05) is 143 Å². The summed E-state index contributed by atoms with van der Waals surface area (Å²) >= 11 is 1.83. The summed E-state index contributed by atoms with van der Waals surface area (Å²) in [6.45, 7) is 4.54. The number of aryl methyl sites for hydroxylation is 3. The van der Waals surface area contributed by atoms with Gasteiger partial charge in [0.2, 0.25) is 0 Å². The Morgan fingerprint density at radius 1 is 0.551 bits per heavy atom. The van der Waals surface area contributed by atoms with Crippen LogP contribution in [-0.2, 0) is 19.9 Å². The van der Waals surface area contributed by atoms with E-state index in [4.69, 9.17) is 0 Å². The first-order valence-corrected chi connectivity index (χ1v) is 19.2. The van der Waals surface area contributed by atoms with Crippen molar-refractivity contribution in [3.63, 3.8) is 0 Å². The van der Waals surface area contributed by atoms with Gasteiger partial charge in [-0.3, -0.25) is 0 Å². The maximum atomic E-state index is 3.86. The van der Waals surface area contributed by atoms with Crippen LogP contribution in [0.1, 0.15) is 98.6 Å². The molecule has 0 radical (unpaired) electrons. The van der Waals surface area contributed by atoms with Gasteiger partial charge >= 0.3 is 0 Å². The number of rotatable bonds is 16. The highest BCUT2D eigenvalue weighted by Gasteiger charge is 2.23. The highest BCUT2D eigenvalue weighted by molar-refractivity contribution is 7.18. The Kier molecular flexibility index (Phi) is 12.1. The lowest BCUT2D eigenvalue weighted by Gasteiger charge is -2.03. The molecule has 0 unspecified atom stereocenters. The van der Waals surface area contributed by atoms with Gasteiger partial charge in [0.25, 0.3) is 5.82 Å². The number of thiophene rings is 1. The van der Waals surface area contributed by atoms with Crippen molar-refractivity contribution >= 4 is 46.7 Å². The molecule has 0 aliphatic rings. The Morgan fingerprint density at radius 3 is 1.69 bits per heavy atom. The van der Waals surface area contributed by atoms with Crippen molar-refractivity contribution in [2.24, 2.45) is 7.05 Å². The third-order valence-electron chi connectivity index (χ3n) is 9.56. The second kappa shape index (κ2) is 17.3. The van der Waals surface area contributed by atoms with E-state index in [0.717, 1.165) is 11.3 Å². The maximum Gasteiger partial charge on any atom is 0.297 e. The van der Waals surface area contributed by atoms with E-state index in [2.05, 4.69) is 158 Å². The number of H-pyrrole nitrogens is 1. The fourth-order valence-electron chi connectivity index (χ4n) is 6.63. The number of aromatic amines is 1. The molecule has 0 aliphatic heterocycles. The smallest absolute Gasteiger partial charge is 0.235 e. The van der Waals surface area contributed by atoms with Gasteiger partial charge in [-0.2, -0.15) is 0 Å². The molecule has 6 rings (SSSR count). The molecule has 0 amide bonds. The maximum absolute atomic E-state index is 3.86. The molecule has 4 aromatic carbocycles. The van der Waals surface area contributed by atoms with Crippen LogP contribution in [0.15, 0.2) is 103 Å². The normalized spacial score (nSPS) is 11.8. The quantitative estimate of drug-likeness (QED) is 0.0604. The molecule has 0 atom stereocenters. The fraction of sp³-hybridized carbons (Fsp3) is 0.283. The van der Waals surface area contributed by atoms with E-state index in [1.807, 2.05) is 11.3 Å². The average Bonchev–Trinajstić information content (AvgIpc) is 3.77. The number of nitrogens with one attached hydrogen (secondary N) is 1. The molecule has 0 fully saturated rings. The molecule has 1 N–H and O–H groups in total. The van der Waals surface area contributed by atoms with Crippen LogP contribution in [0.4, 0.5) is 0 Å². The second-order valence-electron chi connectivity index (χ2n) is 13.3. The number of unbranched alkanes of at least 4 members (excludes halogenated alkanes) is 6. The number of benzene rings is 4. The number of fused-ring (bicyclic) bond motifs is 1. The van der Waals surface area contributed by atoms with Gasteiger partial charge in [0.15, 0.2) is 11.0 Å². The SMILES string of the molecule is CCCCCCc1ccc(/C=C/c2ccc(/C=C/c3ccc(CCCCCC)cc3)c3c2[nH]c(-c2ccc(-c4ccccc4)s2)[n+]3C)cc1. The van der Waals surface area contributed by atoms with Crippen LogP contribution in [0.5, 0.6) is 0 Å². The molecule has 2 nitrogen and oxygen atoms in total. The highest BCUT2D eigenvalue weighted by Crippen LogP contribution is 2.34. The van der Waals surface area contributed by atoms with Crippen LogP contribution in [0.3, 0.4) is 0 Å². The molecule has 0 spiro atoms. The predicted molar refractivity (Wildman–Crippen MR) is 215 cm³/mol. The molecule has 2 aromatic heterocycles. The Labute approximate surface area is 297 Å². The zero-order valence-electron chi connectivity index (χ0n) is 29.6. The molecule has 3 heteroatoms. The first kappa shape index (κ1) is 34.4. The second-order valence-corrected chi connectivity index (χ2v) is 14.4. The molecule has 0 saturated heterocycles. The first-order valence-electron chi connectivity index (χ1n) is 18.4. The van der Waals surface area contributed by atoms with E-state index in [1.54, 1.807) is 0 Å². The van der Waals surface area contributed by atoms with Crippen molar-refractivity contribution in [2.45, 2.75) is 78.1 Å². The van der Waals surface area contributed by atoms with Gasteiger partial charge in [-0.05, 0) is 89.9 Å². The molecule has 250 valence electrons. The molecular weight excluding hydrogens is 613 g/mol. The zero-order chi connectivity index (χ0) is 33.8. The number of hydrogen-bond acceptors (Lipinski definition) is 1. The first-order chi connectivity index (χ1) is 24.1. The average molecular weight is 664 g/mol. The van der Waals surface area contributed by atoms with Crippen LogP contribution in [0.25, 0.3) is 56.5 Å². The van der Waals surface area contributed by atoms with E-state index in [9.17, 15) is 0 Å². The lowest BCUT2D eigenvalue weighted by Crippen LogP contribution is -2.29. The molecule has 2 heterocycles. The standard InChI is InChI=1S/C46H50N2S/c1-4-6-8-11-15-35-19-23-37(24-20-35)27-29-40-31-32-41(30-28-38-25-21-36(22-26-38)16-12-9-7-5-2)45-44(40)47-46(48(45)3)43-34-33-42(49-43)39-17-13-10-14-18-39/h10,13-14,17-34H,4-9,11-12,15-16H2,1-3H3/p+1/b29-27+,30-28+.